The second kappa shape index (κ2) is 5.05. The van der Waals surface area contributed by atoms with Crippen LogP contribution >= 0.6 is 0 Å². The Labute approximate surface area is 115 Å². The molecule has 2 aliphatic rings. The highest BCUT2D eigenvalue weighted by atomic mass is 32.2. The molecule has 110 valence electrons. The molecule has 0 aromatic carbocycles. The number of hydrogen-bond acceptors (Lipinski definition) is 4. The summed E-state index contributed by atoms with van der Waals surface area (Å²) in [7, 11) is -3.06. The lowest BCUT2D eigenvalue weighted by molar-refractivity contribution is -0.140. The summed E-state index contributed by atoms with van der Waals surface area (Å²) in [6, 6.07) is -0.284. The molecule has 1 aliphatic heterocycles. The van der Waals surface area contributed by atoms with Crippen LogP contribution in [0.1, 0.15) is 46.0 Å². The Hall–Kier alpha value is -0.620. The van der Waals surface area contributed by atoms with Gasteiger partial charge in [-0.1, -0.05) is 19.3 Å². The standard InChI is InChI=1S/C13H24N2O3S/c1-10-11(2)19(17,18)9-8-15(10)12(16)13(14)6-4-3-5-7-13/h10-11H,3-9,14H2,1-2H3. The average molecular weight is 288 g/mol. The zero-order valence-corrected chi connectivity index (χ0v) is 12.6. The molecule has 1 heterocycles. The molecule has 1 aliphatic carbocycles. The van der Waals surface area contributed by atoms with E-state index in [0.29, 0.717) is 0 Å². The van der Waals surface area contributed by atoms with Crippen molar-refractivity contribution in [1.82, 2.24) is 4.90 Å². The minimum Gasteiger partial charge on any atom is -0.336 e. The van der Waals surface area contributed by atoms with Gasteiger partial charge in [0, 0.05) is 12.6 Å². The molecule has 2 rings (SSSR count). The summed E-state index contributed by atoms with van der Waals surface area (Å²) in [6.07, 6.45) is 4.54. The van der Waals surface area contributed by atoms with Crippen LogP contribution in [-0.4, -0.2) is 48.4 Å². The Morgan fingerprint density at radius 1 is 1.21 bits per heavy atom. The zero-order valence-electron chi connectivity index (χ0n) is 11.8. The highest BCUT2D eigenvalue weighted by Crippen LogP contribution is 2.30. The summed E-state index contributed by atoms with van der Waals surface area (Å²) < 4.78 is 23.7. The van der Waals surface area contributed by atoms with Gasteiger partial charge in [0.05, 0.1) is 16.5 Å². The first-order chi connectivity index (χ1) is 8.78. The molecular formula is C13H24N2O3S. The molecule has 2 fully saturated rings. The lowest BCUT2D eigenvalue weighted by Crippen LogP contribution is -2.63. The van der Waals surface area contributed by atoms with E-state index in [1.807, 2.05) is 6.92 Å². The van der Waals surface area contributed by atoms with Gasteiger partial charge in [-0.3, -0.25) is 4.79 Å². The van der Waals surface area contributed by atoms with E-state index in [1.54, 1.807) is 11.8 Å². The summed E-state index contributed by atoms with van der Waals surface area (Å²) in [5.74, 6) is 0.00167. The van der Waals surface area contributed by atoms with Crippen molar-refractivity contribution in [3.8, 4) is 0 Å². The van der Waals surface area contributed by atoms with E-state index in [-0.39, 0.29) is 24.2 Å². The van der Waals surface area contributed by atoms with Crippen LogP contribution in [0.3, 0.4) is 0 Å². The first kappa shape index (κ1) is 14.8. The molecule has 0 spiro atoms. The third-order valence-electron chi connectivity index (χ3n) is 4.79. The van der Waals surface area contributed by atoms with Crippen molar-refractivity contribution in [2.45, 2.75) is 62.8 Å². The number of hydrogen-bond donors (Lipinski definition) is 1. The molecule has 0 radical (unpaired) electrons. The van der Waals surface area contributed by atoms with Crippen molar-refractivity contribution in [2.75, 3.05) is 12.3 Å². The van der Waals surface area contributed by atoms with Gasteiger partial charge in [0.15, 0.2) is 9.84 Å². The minimum absolute atomic E-state index is 0.0542. The van der Waals surface area contributed by atoms with E-state index in [1.165, 1.54) is 0 Å². The Morgan fingerprint density at radius 3 is 2.37 bits per heavy atom. The largest absolute Gasteiger partial charge is 0.336 e. The molecule has 6 heteroatoms. The lowest BCUT2D eigenvalue weighted by Gasteiger charge is -2.43. The maximum absolute atomic E-state index is 12.6. The number of nitrogens with zero attached hydrogens (tertiary/aromatic N) is 1. The third kappa shape index (κ3) is 2.65. The Morgan fingerprint density at radius 2 is 1.79 bits per heavy atom. The average Bonchev–Trinajstić information content (AvgIpc) is 2.37. The molecule has 1 amide bonds. The van der Waals surface area contributed by atoms with Crippen molar-refractivity contribution < 1.29 is 13.2 Å². The van der Waals surface area contributed by atoms with E-state index in [4.69, 9.17) is 5.73 Å². The monoisotopic (exact) mass is 288 g/mol. The summed E-state index contributed by atoms with van der Waals surface area (Å²) in [4.78, 5) is 14.3. The smallest absolute Gasteiger partial charge is 0.242 e. The highest BCUT2D eigenvalue weighted by Gasteiger charge is 2.44. The first-order valence-electron chi connectivity index (χ1n) is 7.09. The van der Waals surface area contributed by atoms with Crippen molar-refractivity contribution in [3.63, 3.8) is 0 Å². The Kier molecular flexibility index (Phi) is 3.93. The summed E-state index contributed by atoms with van der Waals surface area (Å²) in [5.41, 5.74) is 5.50. The van der Waals surface area contributed by atoms with Crippen LogP contribution in [0.4, 0.5) is 0 Å². The molecule has 0 bridgehead atoms. The number of carbonyl (C=O) groups excluding carboxylic acids is 1. The van der Waals surface area contributed by atoms with Crippen molar-refractivity contribution in [3.05, 3.63) is 0 Å². The first-order valence-corrected chi connectivity index (χ1v) is 8.81. The van der Waals surface area contributed by atoms with Crippen LogP contribution in [0, 0.1) is 0 Å². The van der Waals surface area contributed by atoms with Crippen LogP contribution in [0.2, 0.25) is 0 Å². The van der Waals surface area contributed by atoms with Gasteiger partial charge in [-0.05, 0) is 26.7 Å². The number of nitrogens with two attached hydrogens (primary N) is 1. The summed E-state index contributed by atoms with van der Waals surface area (Å²) in [6.45, 7) is 3.78. The van der Waals surface area contributed by atoms with Crippen LogP contribution in [0.25, 0.3) is 0 Å². The van der Waals surface area contributed by atoms with Gasteiger partial charge in [0.25, 0.3) is 0 Å². The number of carbonyl (C=O) groups is 1. The molecule has 2 unspecified atom stereocenters. The second-order valence-corrected chi connectivity index (χ2v) is 8.51. The van der Waals surface area contributed by atoms with Gasteiger partial charge in [-0.15, -0.1) is 0 Å². The molecule has 0 aromatic rings. The Balaban J connectivity index is 2.16. The maximum Gasteiger partial charge on any atom is 0.242 e. The predicted octanol–water partition coefficient (Wildman–Crippen LogP) is 0.682. The second-order valence-electron chi connectivity index (χ2n) is 6.03. The molecular weight excluding hydrogens is 264 g/mol. The third-order valence-corrected chi connectivity index (χ3v) is 7.07. The number of sulfone groups is 1. The van der Waals surface area contributed by atoms with Crippen LogP contribution < -0.4 is 5.73 Å². The molecule has 19 heavy (non-hydrogen) atoms. The van der Waals surface area contributed by atoms with Crippen LogP contribution in [-0.2, 0) is 14.6 Å². The SMILES string of the molecule is CC1C(C)S(=O)(=O)CCN1C(=O)C1(N)CCCCC1. The number of amides is 1. The van der Waals surface area contributed by atoms with Gasteiger partial charge in [-0.25, -0.2) is 8.42 Å². The lowest BCUT2D eigenvalue weighted by atomic mass is 9.81. The number of rotatable bonds is 1. The van der Waals surface area contributed by atoms with E-state index in [2.05, 4.69) is 0 Å². The van der Waals surface area contributed by atoms with Crippen LogP contribution in [0.15, 0.2) is 0 Å². The molecule has 1 saturated heterocycles. The molecule has 1 saturated carbocycles. The maximum atomic E-state index is 12.6. The predicted molar refractivity (Wildman–Crippen MR) is 74.4 cm³/mol. The van der Waals surface area contributed by atoms with Gasteiger partial charge in [-0.2, -0.15) is 0 Å². The van der Waals surface area contributed by atoms with Crippen molar-refractivity contribution >= 4 is 15.7 Å². The fourth-order valence-corrected chi connectivity index (χ4v) is 4.71. The summed E-state index contributed by atoms with van der Waals surface area (Å²) >= 11 is 0. The zero-order chi connectivity index (χ0) is 14.3. The van der Waals surface area contributed by atoms with Crippen molar-refractivity contribution in [2.24, 2.45) is 5.73 Å². The van der Waals surface area contributed by atoms with Gasteiger partial charge in [0.2, 0.25) is 5.91 Å². The topological polar surface area (TPSA) is 80.5 Å². The van der Waals surface area contributed by atoms with Gasteiger partial charge in [0.1, 0.15) is 0 Å². The van der Waals surface area contributed by atoms with Crippen molar-refractivity contribution in [1.29, 1.82) is 0 Å². The molecule has 2 N–H and O–H groups in total. The van der Waals surface area contributed by atoms with Gasteiger partial charge >= 0.3 is 0 Å². The van der Waals surface area contributed by atoms with E-state index < -0.39 is 20.6 Å². The van der Waals surface area contributed by atoms with Crippen LogP contribution in [0.5, 0.6) is 0 Å². The Bertz CT molecular complexity index is 455. The molecule has 5 nitrogen and oxygen atoms in total. The molecule has 0 aromatic heterocycles. The minimum atomic E-state index is -3.06. The normalized spacial score (nSPS) is 33.9. The van der Waals surface area contributed by atoms with Gasteiger partial charge < -0.3 is 10.6 Å². The van der Waals surface area contributed by atoms with E-state index >= 15 is 0 Å². The summed E-state index contributed by atoms with van der Waals surface area (Å²) in [5, 5.41) is -0.502. The quantitative estimate of drug-likeness (QED) is 0.769. The van der Waals surface area contributed by atoms with E-state index in [9.17, 15) is 13.2 Å². The fourth-order valence-electron chi connectivity index (χ4n) is 3.14. The van der Waals surface area contributed by atoms with E-state index in [0.717, 1.165) is 32.1 Å². The molecule has 2 atom stereocenters. The highest BCUT2D eigenvalue weighted by molar-refractivity contribution is 7.92. The fraction of sp³-hybridized carbons (Fsp3) is 0.923.